The number of carbonyl (C=O) groups is 5. The lowest BCUT2D eigenvalue weighted by Gasteiger charge is -2.18. The highest BCUT2D eigenvalue weighted by Crippen LogP contribution is 2.19. The second kappa shape index (κ2) is 12.6. The summed E-state index contributed by atoms with van der Waals surface area (Å²) in [5.74, 6) is -4.95. The van der Waals surface area contributed by atoms with Crippen LogP contribution in [0.2, 0.25) is 0 Å². The first-order chi connectivity index (χ1) is 15.7. The van der Waals surface area contributed by atoms with Crippen molar-refractivity contribution in [3.05, 3.63) is 48.0 Å². The number of hydrogen-bond donors (Lipinski definition) is 3. The number of ether oxygens (including phenoxy) is 1. The number of rotatable bonds is 13. The molecule has 0 heterocycles. The Labute approximate surface area is 194 Å². The lowest BCUT2D eigenvalue weighted by molar-refractivity contribution is -0.148. The van der Waals surface area contributed by atoms with Crippen LogP contribution in [-0.2, 0) is 35.1 Å². The van der Waals surface area contributed by atoms with Gasteiger partial charge < -0.3 is 20.3 Å². The van der Waals surface area contributed by atoms with Gasteiger partial charge in [-0.2, -0.15) is 0 Å². The number of ketones is 1. The van der Waals surface area contributed by atoms with Crippen molar-refractivity contribution in [3.8, 4) is 0 Å². The molecule has 2 rings (SSSR count). The first-order valence-corrected chi connectivity index (χ1v) is 11.3. The number of nitrogens with one attached hydrogen (secondary N) is 1. The van der Waals surface area contributed by atoms with Crippen molar-refractivity contribution < 1.29 is 38.9 Å². The van der Waals surface area contributed by atoms with Crippen LogP contribution in [0.5, 0.6) is 0 Å². The molecule has 1 amide bonds. The number of aliphatic carboxylic acids is 2. The number of carbonyl (C=O) groups excluding carboxylic acids is 3. The Hall–Kier alpha value is -3.40. The second-order valence-corrected chi connectivity index (χ2v) is 8.44. The summed E-state index contributed by atoms with van der Waals surface area (Å²) in [6.45, 7) is 0.862. The first kappa shape index (κ1) is 25.9. The molecule has 2 aromatic rings. The van der Waals surface area contributed by atoms with Crippen molar-refractivity contribution in [3.63, 3.8) is 0 Å². The molecule has 0 aliphatic carbocycles. The zero-order valence-corrected chi connectivity index (χ0v) is 18.8. The van der Waals surface area contributed by atoms with Crippen LogP contribution >= 0.6 is 11.8 Å². The van der Waals surface area contributed by atoms with Gasteiger partial charge in [0.25, 0.3) is 0 Å². The van der Waals surface area contributed by atoms with E-state index < -0.39 is 54.6 Å². The van der Waals surface area contributed by atoms with Crippen molar-refractivity contribution in [1.82, 2.24) is 5.32 Å². The largest absolute Gasteiger partial charge is 0.481 e. The van der Waals surface area contributed by atoms with Crippen LogP contribution < -0.4 is 5.32 Å². The maximum Gasteiger partial charge on any atom is 0.313 e. The van der Waals surface area contributed by atoms with Gasteiger partial charge in [0.1, 0.15) is 6.04 Å². The maximum atomic E-state index is 12.5. The van der Waals surface area contributed by atoms with E-state index in [9.17, 15) is 24.0 Å². The Morgan fingerprint density at radius 2 is 1.70 bits per heavy atom. The minimum atomic E-state index is -1.37. The third kappa shape index (κ3) is 8.57. The lowest BCUT2D eigenvalue weighted by Crippen LogP contribution is -2.46. The molecule has 0 saturated heterocycles. The van der Waals surface area contributed by atoms with Gasteiger partial charge in [0, 0.05) is 11.7 Å². The summed E-state index contributed by atoms with van der Waals surface area (Å²) in [5.41, 5.74) is 0.730. The highest BCUT2D eigenvalue weighted by atomic mass is 32.2. The molecule has 3 N–H and O–H groups in total. The zero-order valence-electron chi connectivity index (χ0n) is 18.0. The molecule has 9 nitrogen and oxygen atoms in total. The van der Waals surface area contributed by atoms with Crippen molar-refractivity contribution in [1.29, 1.82) is 0 Å². The van der Waals surface area contributed by atoms with Gasteiger partial charge >= 0.3 is 17.9 Å². The van der Waals surface area contributed by atoms with Crippen molar-refractivity contribution in [2.75, 3.05) is 18.1 Å². The van der Waals surface area contributed by atoms with Gasteiger partial charge in [-0.05, 0) is 16.3 Å². The van der Waals surface area contributed by atoms with Crippen LogP contribution in [-0.4, -0.2) is 64.0 Å². The van der Waals surface area contributed by atoms with E-state index in [1.165, 1.54) is 6.92 Å². The monoisotopic (exact) mass is 475 g/mol. The number of fused-ring (bicyclic) bond motifs is 1. The summed E-state index contributed by atoms with van der Waals surface area (Å²) in [6.07, 6.45) is -0.733. The smallest absolute Gasteiger partial charge is 0.313 e. The molecule has 2 unspecified atom stereocenters. The highest BCUT2D eigenvalue weighted by molar-refractivity contribution is 7.99. The van der Waals surface area contributed by atoms with Gasteiger partial charge in [-0.25, -0.2) is 0 Å². The van der Waals surface area contributed by atoms with E-state index in [2.05, 4.69) is 5.32 Å². The van der Waals surface area contributed by atoms with Gasteiger partial charge in [-0.15, -0.1) is 11.8 Å². The lowest BCUT2D eigenvalue weighted by atomic mass is 10.0. The summed E-state index contributed by atoms with van der Waals surface area (Å²) < 4.78 is 5.05. The van der Waals surface area contributed by atoms with Crippen LogP contribution in [0.1, 0.15) is 18.9 Å². The average molecular weight is 476 g/mol. The van der Waals surface area contributed by atoms with Gasteiger partial charge in [-0.1, -0.05) is 49.4 Å². The second-order valence-electron chi connectivity index (χ2n) is 7.41. The molecule has 0 spiro atoms. The summed E-state index contributed by atoms with van der Waals surface area (Å²) in [6, 6.07) is 11.6. The summed E-state index contributed by atoms with van der Waals surface area (Å²) in [4.78, 5) is 58.8. The Balaban J connectivity index is 1.93. The molecule has 0 aliphatic heterocycles. The van der Waals surface area contributed by atoms with Crippen molar-refractivity contribution >= 4 is 52.1 Å². The molecule has 2 aromatic carbocycles. The molecule has 0 bridgehead atoms. The molecule has 0 saturated carbocycles. The minimum Gasteiger partial charge on any atom is -0.481 e. The zero-order chi connectivity index (χ0) is 24.4. The van der Waals surface area contributed by atoms with Crippen LogP contribution in [0.15, 0.2) is 42.5 Å². The van der Waals surface area contributed by atoms with E-state index in [0.29, 0.717) is 0 Å². The highest BCUT2D eigenvalue weighted by Gasteiger charge is 2.26. The number of thioether (sulfide) groups is 1. The Morgan fingerprint density at radius 1 is 1.00 bits per heavy atom. The number of carboxylic acid groups (broad SMARTS) is 2. The molecule has 0 aromatic heterocycles. The topological polar surface area (TPSA) is 147 Å². The molecule has 0 fully saturated rings. The Kier molecular flexibility index (Phi) is 9.86. The number of esters is 1. The summed E-state index contributed by atoms with van der Waals surface area (Å²) >= 11 is 1.03. The Morgan fingerprint density at radius 3 is 2.39 bits per heavy atom. The first-order valence-electron chi connectivity index (χ1n) is 10.1. The fourth-order valence-electron chi connectivity index (χ4n) is 3.04. The van der Waals surface area contributed by atoms with Crippen LogP contribution in [0.25, 0.3) is 10.8 Å². The standard InChI is InChI=1S/C23H25NO8S/c1-14(12-33-13-21(28)29)23(31)24-18(10-20(26)27)19(25)11-32-22(30)9-16-7-4-6-15-5-2-3-8-17(15)16/h2-8,14,18H,9-13H2,1H3,(H,24,31)(H,26,27)(H,28,29). The van der Waals surface area contributed by atoms with Crippen LogP contribution in [0.3, 0.4) is 0 Å². The number of Topliss-reactive ketones (excluding diaryl/α,β-unsaturated/α-hetero) is 1. The number of carboxylic acids is 2. The van der Waals surface area contributed by atoms with Gasteiger partial charge in [-0.3, -0.25) is 24.0 Å². The predicted octanol–water partition coefficient (Wildman–Crippen LogP) is 1.91. The van der Waals surface area contributed by atoms with Crippen molar-refractivity contribution in [2.45, 2.75) is 25.8 Å². The average Bonchev–Trinajstić information content (AvgIpc) is 2.76. The molecule has 176 valence electrons. The molecule has 0 radical (unpaired) electrons. The van der Waals surface area contributed by atoms with Crippen molar-refractivity contribution in [2.24, 2.45) is 5.92 Å². The number of benzene rings is 2. The molecule has 33 heavy (non-hydrogen) atoms. The molecule has 10 heteroatoms. The fourth-order valence-corrected chi connectivity index (χ4v) is 3.84. The van der Waals surface area contributed by atoms with E-state index in [-0.39, 0.29) is 17.9 Å². The van der Waals surface area contributed by atoms with E-state index in [1.807, 2.05) is 36.4 Å². The predicted molar refractivity (Wildman–Crippen MR) is 122 cm³/mol. The molecular formula is C23H25NO8S. The van der Waals surface area contributed by atoms with Gasteiger partial charge in [0.2, 0.25) is 5.91 Å². The van der Waals surface area contributed by atoms with E-state index >= 15 is 0 Å². The maximum absolute atomic E-state index is 12.5. The minimum absolute atomic E-state index is 0.0670. The van der Waals surface area contributed by atoms with Crippen LogP contribution in [0, 0.1) is 5.92 Å². The quantitative estimate of drug-likeness (QED) is 0.370. The molecular weight excluding hydrogens is 450 g/mol. The van der Waals surface area contributed by atoms with Gasteiger partial charge in [0.05, 0.1) is 18.6 Å². The van der Waals surface area contributed by atoms with E-state index in [4.69, 9.17) is 14.9 Å². The van der Waals surface area contributed by atoms with E-state index in [1.54, 1.807) is 6.07 Å². The normalized spacial score (nSPS) is 12.5. The third-order valence-corrected chi connectivity index (χ3v) is 5.90. The molecule has 2 atom stereocenters. The Bertz CT molecular complexity index is 1030. The fraction of sp³-hybridized carbons (Fsp3) is 0.348. The van der Waals surface area contributed by atoms with Gasteiger partial charge in [0.15, 0.2) is 12.4 Å². The summed E-state index contributed by atoms with van der Waals surface area (Å²) in [5, 5.41) is 21.9. The number of hydrogen-bond acceptors (Lipinski definition) is 7. The number of amides is 1. The van der Waals surface area contributed by atoms with E-state index in [0.717, 1.165) is 28.1 Å². The van der Waals surface area contributed by atoms with Crippen LogP contribution in [0.4, 0.5) is 0 Å². The molecule has 0 aliphatic rings. The SMILES string of the molecule is CC(CSCC(=O)O)C(=O)NC(CC(=O)O)C(=O)COC(=O)Cc1cccc2ccccc12. The summed E-state index contributed by atoms with van der Waals surface area (Å²) in [7, 11) is 0. The third-order valence-electron chi connectivity index (χ3n) is 4.72.